The number of cyclic esters (lactones) is 1. The van der Waals surface area contributed by atoms with Crippen LogP contribution in [0.3, 0.4) is 0 Å². The summed E-state index contributed by atoms with van der Waals surface area (Å²) in [7, 11) is -3.62. The summed E-state index contributed by atoms with van der Waals surface area (Å²) >= 11 is 0. The first-order chi connectivity index (χ1) is 20.7. The zero-order valence-corrected chi connectivity index (χ0v) is 24.3. The van der Waals surface area contributed by atoms with E-state index in [-0.39, 0.29) is 19.6 Å². The van der Waals surface area contributed by atoms with E-state index in [9.17, 15) is 18.0 Å². The summed E-state index contributed by atoms with van der Waals surface area (Å²) in [5.41, 5.74) is 2.93. The minimum absolute atomic E-state index is 0.112. The third kappa shape index (κ3) is 7.76. The smallest absolute Gasteiger partial charge is 0.414 e. The number of benzene rings is 3. The van der Waals surface area contributed by atoms with E-state index in [4.69, 9.17) is 18.7 Å². The van der Waals surface area contributed by atoms with Crippen LogP contribution in [0.2, 0.25) is 0 Å². The molecule has 0 spiro atoms. The van der Waals surface area contributed by atoms with Crippen molar-refractivity contribution < 1.29 is 36.7 Å². The molecule has 1 fully saturated rings. The van der Waals surface area contributed by atoms with E-state index in [2.05, 4.69) is 14.9 Å². The number of amides is 1. The lowest BCUT2D eigenvalue weighted by Gasteiger charge is -2.16. The molecule has 0 bridgehead atoms. The van der Waals surface area contributed by atoms with E-state index in [0.29, 0.717) is 35.3 Å². The highest BCUT2D eigenvalue weighted by Gasteiger charge is 2.33. The molecule has 2 heterocycles. The zero-order valence-electron chi connectivity index (χ0n) is 23.5. The summed E-state index contributed by atoms with van der Waals surface area (Å²) < 4.78 is 47.4. The topological polar surface area (TPSA) is 150 Å². The van der Waals surface area contributed by atoms with E-state index in [1.54, 1.807) is 43.3 Å². The molecule has 1 saturated heterocycles. The van der Waals surface area contributed by atoms with Crippen LogP contribution in [0.1, 0.15) is 12.5 Å². The van der Waals surface area contributed by atoms with Gasteiger partial charge >= 0.3 is 12.1 Å². The second-order valence-electron chi connectivity index (χ2n) is 9.81. The Labute approximate surface area is 248 Å². The molecule has 3 aromatic carbocycles. The van der Waals surface area contributed by atoms with Gasteiger partial charge in [-0.1, -0.05) is 35.5 Å². The number of esters is 1. The molecule has 2 unspecified atom stereocenters. The molecule has 0 aliphatic carbocycles. The minimum atomic E-state index is -3.62. The number of aromatic nitrogens is 2. The van der Waals surface area contributed by atoms with Crippen LogP contribution in [0.5, 0.6) is 5.75 Å². The van der Waals surface area contributed by atoms with Crippen molar-refractivity contribution in [3.8, 4) is 28.6 Å². The average Bonchev–Trinajstić information content (AvgIpc) is 3.64. The van der Waals surface area contributed by atoms with Gasteiger partial charge in [0.15, 0.2) is 6.10 Å². The van der Waals surface area contributed by atoms with Crippen LogP contribution >= 0.6 is 0 Å². The molecule has 4 aromatic rings. The second kappa shape index (κ2) is 13.0. The first-order valence-corrected chi connectivity index (χ1v) is 15.4. The van der Waals surface area contributed by atoms with Gasteiger partial charge in [0, 0.05) is 16.8 Å². The predicted octanol–water partition coefficient (Wildman–Crippen LogP) is 3.83. The molecule has 13 heteroatoms. The lowest BCUT2D eigenvalue weighted by molar-refractivity contribution is -0.145. The Bertz CT molecular complexity index is 1660. The van der Waals surface area contributed by atoms with Gasteiger partial charge in [0.25, 0.3) is 5.89 Å². The molecular formula is C30H30N4O8S. The third-order valence-electron chi connectivity index (χ3n) is 6.48. The molecule has 0 saturated carbocycles. The first kappa shape index (κ1) is 29.7. The molecule has 0 radical (unpaired) electrons. The van der Waals surface area contributed by atoms with Crippen molar-refractivity contribution >= 4 is 27.8 Å². The number of anilines is 1. The number of rotatable bonds is 12. The lowest BCUT2D eigenvalue weighted by atomic mass is 10.1. The molecule has 224 valence electrons. The standard InChI is InChI=1S/C30H30N4O8S/c1-3-39-29(35)26(33-43(2,37)38)17-20-9-15-24(16-10-20)40-19-25-18-34(30(36)41-25)23-13-11-21(12-14-23)27-31-28(42-32-27)22-7-5-4-6-8-22/h4-16,25-26,33H,3,17-19H2,1-2H3. The van der Waals surface area contributed by atoms with Gasteiger partial charge in [-0.15, -0.1) is 0 Å². The number of sulfonamides is 1. The van der Waals surface area contributed by atoms with Crippen LogP contribution in [-0.4, -0.2) is 68.8 Å². The zero-order chi connectivity index (χ0) is 30.4. The molecule has 43 heavy (non-hydrogen) atoms. The van der Waals surface area contributed by atoms with Crippen LogP contribution in [-0.2, 0) is 30.7 Å². The quantitative estimate of drug-likeness (QED) is 0.236. The highest BCUT2D eigenvalue weighted by atomic mass is 32.2. The maximum atomic E-state index is 12.6. The van der Waals surface area contributed by atoms with Crippen molar-refractivity contribution in [2.45, 2.75) is 25.5 Å². The van der Waals surface area contributed by atoms with E-state index >= 15 is 0 Å². The Morgan fingerprint density at radius 3 is 2.44 bits per heavy atom. The predicted molar refractivity (Wildman–Crippen MR) is 157 cm³/mol. The van der Waals surface area contributed by atoms with Gasteiger partial charge in [-0.2, -0.15) is 4.98 Å². The Morgan fingerprint density at radius 2 is 1.77 bits per heavy atom. The van der Waals surface area contributed by atoms with Crippen LogP contribution in [0.15, 0.2) is 83.4 Å². The van der Waals surface area contributed by atoms with Gasteiger partial charge in [0.1, 0.15) is 18.4 Å². The first-order valence-electron chi connectivity index (χ1n) is 13.5. The molecule has 12 nitrogen and oxygen atoms in total. The molecule has 2 atom stereocenters. The van der Waals surface area contributed by atoms with Crippen LogP contribution in [0, 0.1) is 0 Å². The molecule has 5 rings (SSSR count). The van der Waals surface area contributed by atoms with E-state index < -0.39 is 34.2 Å². The number of nitrogens with one attached hydrogen (secondary N) is 1. The fraction of sp³-hybridized carbons (Fsp3) is 0.267. The van der Waals surface area contributed by atoms with Gasteiger partial charge in [0.05, 0.1) is 19.4 Å². The number of hydrogen-bond donors (Lipinski definition) is 1. The number of carbonyl (C=O) groups excluding carboxylic acids is 2. The highest BCUT2D eigenvalue weighted by Crippen LogP contribution is 2.27. The second-order valence-corrected chi connectivity index (χ2v) is 11.6. The van der Waals surface area contributed by atoms with Crippen molar-refractivity contribution in [1.29, 1.82) is 0 Å². The fourth-order valence-corrected chi connectivity index (χ4v) is 5.17. The van der Waals surface area contributed by atoms with Crippen molar-refractivity contribution in [2.24, 2.45) is 0 Å². The van der Waals surface area contributed by atoms with Crippen LogP contribution in [0.4, 0.5) is 10.5 Å². The van der Waals surface area contributed by atoms with Crippen molar-refractivity contribution in [3.05, 3.63) is 84.4 Å². The van der Waals surface area contributed by atoms with Crippen LogP contribution < -0.4 is 14.4 Å². The maximum absolute atomic E-state index is 12.6. The number of carbonyl (C=O) groups is 2. The van der Waals surface area contributed by atoms with Gasteiger partial charge in [-0.25, -0.2) is 17.9 Å². The summed E-state index contributed by atoms with van der Waals surface area (Å²) in [5.74, 6) is 0.740. The normalized spacial score (nSPS) is 15.6. The molecule has 1 aliphatic heterocycles. The number of nitrogens with zero attached hydrogens (tertiary/aromatic N) is 3. The molecule has 1 aromatic heterocycles. The summed E-state index contributed by atoms with van der Waals surface area (Å²) in [6.07, 6.45) is 0.122. The van der Waals surface area contributed by atoms with E-state index in [0.717, 1.165) is 17.4 Å². The fourth-order valence-electron chi connectivity index (χ4n) is 4.47. The molecule has 1 amide bonds. The Kier molecular flexibility index (Phi) is 9.02. The SMILES string of the molecule is CCOC(=O)C(Cc1ccc(OCC2CN(c3ccc(-c4noc(-c5ccccc5)n4)cc3)C(=O)O2)cc1)NS(C)(=O)=O. The van der Waals surface area contributed by atoms with Gasteiger partial charge < -0.3 is 18.7 Å². The summed E-state index contributed by atoms with van der Waals surface area (Å²) in [4.78, 5) is 30.8. The summed E-state index contributed by atoms with van der Waals surface area (Å²) in [6, 6.07) is 22.5. The van der Waals surface area contributed by atoms with Crippen molar-refractivity contribution in [2.75, 3.05) is 30.9 Å². The molecular weight excluding hydrogens is 576 g/mol. The number of ether oxygens (including phenoxy) is 3. The third-order valence-corrected chi connectivity index (χ3v) is 7.20. The van der Waals surface area contributed by atoms with Crippen LogP contribution in [0.25, 0.3) is 22.8 Å². The summed E-state index contributed by atoms with van der Waals surface area (Å²) in [5, 5.41) is 4.06. The molecule has 1 aliphatic rings. The van der Waals surface area contributed by atoms with Gasteiger partial charge in [-0.05, 0) is 67.4 Å². The summed E-state index contributed by atoms with van der Waals surface area (Å²) in [6.45, 7) is 2.22. The van der Waals surface area contributed by atoms with Gasteiger partial charge in [-0.3, -0.25) is 9.69 Å². The maximum Gasteiger partial charge on any atom is 0.414 e. The van der Waals surface area contributed by atoms with Crippen molar-refractivity contribution in [3.63, 3.8) is 0 Å². The Hall–Kier alpha value is -4.75. The molecule has 1 N–H and O–H groups in total. The van der Waals surface area contributed by atoms with Gasteiger partial charge in [0.2, 0.25) is 15.8 Å². The average molecular weight is 607 g/mol. The van der Waals surface area contributed by atoms with Crippen molar-refractivity contribution in [1.82, 2.24) is 14.9 Å². The highest BCUT2D eigenvalue weighted by molar-refractivity contribution is 7.88. The lowest BCUT2D eigenvalue weighted by Crippen LogP contribution is -2.42. The Balaban J connectivity index is 1.15. The van der Waals surface area contributed by atoms with E-state index in [1.807, 2.05) is 42.5 Å². The minimum Gasteiger partial charge on any atom is -0.490 e. The van der Waals surface area contributed by atoms with E-state index in [1.165, 1.54) is 4.90 Å². The monoisotopic (exact) mass is 606 g/mol. The Morgan fingerprint density at radius 1 is 1.05 bits per heavy atom. The number of hydrogen-bond acceptors (Lipinski definition) is 10. The largest absolute Gasteiger partial charge is 0.490 e.